The highest BCUT2D eigenvalue weighted by Crippen LogP contribution is 2.25. The molecule has 2 aromatic heterocycles. The molecule has 0 bridgehead atoms. The lowest BCUT2D eigenvalue weighted by Crippen LogP contribution is -1.92. The lowest BCUT2D eigenvalue weighted by molar-refractivity contribution is 0.442. The lowest BCUT2D eigenvalue weighted by atomic mass is 10.2. The maximum atomic E-state index is 5.62. The minimum absolute atomic E-state index is 0.312. The molecule has 0 saturated carbocycles. The lowest BCUT2D eigenvalue weighted by Gasteiger charge is -2.03. The Morgan fingerprint density at radius 1 is 0.800 bits per heavy atom. The molecule has 25 heavy (non-hydrogen) atoms. The molecule has 0 aliphatic carbocycles. The zero-order chi connectivity index (χ0) is 17.1. The summed E-state index contributed by atoms with van der Waals surface area (Å²) in [6.45, 7) is 1.99. The molecular weight excluding hydrogens is 312 g/mol. The monoisotopic (exact) mass is 328 g/mol. The summed E-state index contributed by atoms with van der Waals surface area (Å²) >= 11 is 0. The van der Waals surface area contributed by atoms with E-state index in [-0.39, 0.29) is 0 Å². The van der Waals surface area contributed by atoms with Gasteiger partial charge in [0.15, 0.2) is 0 Å². The van der Waals surface area contributed by atoms with Crippen LogP contribution in [0, 0.1) is 6.92 Å². The number of para-hydroxylation sites is 1. The number of aromatic amines is 1. The zero-order valence-electron chi connectivity index (χ0n) is 13.7. The third kappa shape index (κ3) is 3.26. The third-order valence-electron chi connectivity index (χ3n) is 3.79. The number of ether oxygens (including phenoxy) is 1. The van der Waals surface area contributed by atoms with E-state index in [0.29, 0.717) is 11.8 Å². The Labute approximate surface area is 145 Å². The molecule has 122 valence electrons. The summed E-state index contributed by atoms with van der Waals surface area (Å²) in [4.78, 5) is 16.6. The number of H-pyrrole nitrogens is 1. The first-order valence-electron chi connectivity index (χ1n) is 7.97. The number of aryl methyl sites for hydroxylation is 1. The van der Waals surface area contributed by atoms with Crippen LogP contribution in [0.4, 0.5) is 0 Å². The van der Waals surface area contributed by atoms with E-state index in [2.05, 4.69) is 19.9 Å². The smallest absolute Gasteiger partial charge is 0.321 e. The van der Waals surface area contributed by atoms with Gasteiger partial charge in [0.25, 0.3) is 0 Å². The van der Waals surface area contributed by atoms with Crippen LogP contribution in [-0.4, -0.2) is 19.9 Å². The molecule has 0 saturated heterocycles. The Morgan fingerprint density at radius 3 is 2.12 bits per heavy atom. The first kappa shape index (κ1) is 15.1. The highest BCUT2D eigenvalue weighted by atomic mass is 16.5. The van der Waals surface area contributed by atoms with Gasteiger partial charge < -0.3 is 9.72 Å². The highest BCUT2D eigenvalue weighted by molar-refractivity contribution is 5.66. The second-order valence-corrected chi connectivity index (χ2v) is 5.59. The first-order chi connectivity index (χ1) is 12.3. The molecule has 0 fully saturated rings. The molecule has 0 radical (unpaired) electrons. The van der Waals surface area contributed by atoms with E-state index in [0.717, 1.165) is 28.3 Å². The molecule has 5 heteroatoms. The Morgan fingerprint density at radius 2 is 1.44 bits per heavy atom. The van der Waals surface area contributed by atoms with Gasteiger partial charge in [-0.2, -0.15) is 0 Å². The van der Waals surface area contributed by atoms with E-state index in [1.54, 1.807) is 12.4 Å². The van der Waals surface area contributed by atoms with Gasteiger partial charge in [-0.1, -0.05) is 48.5 Å². The Hall–Kier alpha value is -3.47. The normalized spacial score (nSPS) is 10.6. The Balaban J connectivity index is 1.59. The number of imidazole rings is 1. The number of benzene rings is 2. The quantitative estimate of drug-likeness (QED) is 0.593. The molecule has 4 rings (SSSR count). The molecule has 0 unspecified atom stereocenters. The molecule has 0 amide bonds. The number of aromatic nitrogens is 4. The van der Waals surface area contributed by atoms with Crippen molar-refractivity contribution in [2.24, 2.45) is 0 Å². The van der Waals surface area contributed by atoms with Crippen molar-refractivity contribution in [1.29, 1.82) is 0 Å². The molecule has 0 aliphatic rings. The van der Waals surface area contributed by atoms with Crippen LogP contribution in [0.2, 0.25) is 0 Å². The van der Waals surface area contributed by atoms with E-state index in [9.17, 15) is 0 Å². The summed E-state index contributed by atoms with van der Waals surface area (Å²) < 4.78 is 5.62. The average Bonchev–Trinajstić information content (AvgIpc) is 3.06. The highest BCUT2D eigenvalue weighted by Gasteiger charge is 2.11. The maximum absolute atomic E-state index is 5.62. The van der Waals surface area contributed by atoms with Crippen molar-refractivity contribution < 1.29 is 4.74 Å². The third-order valence-corrected chi connectivity index (χ3v) is 3.79. The number of nitrogens with one attached hydrogen (secondary N) is 1. The van der Waals surface area contributed by atoms with Crippen LogP contribution in [-0.2, 0) is 0 Å². The second-order valence-electron chi connectivity index (χ2n) is 5.59. The van der Waals surface area contributed by atoms with Crippen molar-refractivity contribution in [3.63, 3.8) is 0 Å². The van der Waals surface area contributed by atoms with Crippen LogP contribution in [0.1, 0.15) is 5.69 Å². The molecule has 2 aromatic carbocycles. The Bertz CT molecular complexity index is 964. The van der Waals surface area contributed by atoms with Gasteiger partial charge in [0.2, 0.25) is 0 Å². The number of hydrogen-bond acceptors (Lipinski definition) is 4. The minimum atomic E-state index is 0.312. The van der Waals surface area contributed by atoms with E-state index < -0.39 is 0 Å². The SMILES string of the molecule is Cc1[nH]c(-c2ccccc2)nc1-c1cnc(Oc2ccccc2)nc1. The van der Waals surface area contributed by atoms with Crippen molar-refractivity contribution >= 4 is 0 Å². The number of hydrogen-bond donors (Lipinski definition) is 1. The fraction of sp³-hybridized carbons (Fsp3) is 0.0500. The van der Waals surface area contributed by atoms with Crippen molar-refractivity contribution in [1.82, 2.24) is 19.9 Å². The van der Waals surface area contributed by atoms with Crippen molar-refractivity contribution in [3.05, 3.63) is 78.8 Å². The largest absolute Gasteiger partial charge is 0.424 e. The summed E-state index contributed by atoms with van der Waals surface area (Å²) in [5.74, 6) is 1.54. The van der Waals surface area contributed by atoms with Crippen LogP contribution in [0.25, 0.3) is 22.6 Å². The van der Waals surface area contributed by atoms with Crippen LogP contribution in [0.5, 0.6) is 11.8 Å². The van der Waals surface area contributed by atoms with Gasteiger partial charge in [-0.15, -0.1) is 0 Å². The molecule has 0 spiro atoms. The van der Waals surface area contributed by atoms with E-state index >= 15 is 0 Å². The molecule has 1 N–H and O–H groups in total. The summed E-state index contributed by atoms with van der Waals surface area (Å²) in [5.41, 5.74) is 3.70. The topological polar surface area (TPSA) is 63.7 Å². The van der Waals surface area contributed by atoms with Gasteiger partial charge in [-0.05, 0) is 19.1 Å². The summed E-state index contributed by atoms with van der Waals surface area (Å²) in [5, 5.41) is 0. The van der Waals surface area contributed by atoms with Crippen molar-refractivity contribution in [2.75, 3.05) is 0 Å². The van der Waals surface area contributed by atoms with Gasteiger partial charge >= 0.3 is 6.01 Å². The molecule has 2 heterocycles. The predicted molar refractivity (Wildman–Crippen MR) is 96.3 cm³/mol. The molecule has 5 nitrogen and oxygen atoms in total. The summed E-state index contributed by atoms with van der Waals surface area (Å²) in [7, 11) is 0. The van der Waals surface area contributed by atoms with Gasteiger partial charge in [0.1, 0.15) is 11.6 Å². The first-order valence-corrected chi connectivity index (χ1v) is 7.97. The fourth-order valence-electron chi connectivity index (χ4n) is 2.56. The molecule has 4 aromatic rings. The van der Waals surface area contributed by atoms with E-state index in [1.807, 2.05) is 67.6 Å². The summed E-state index contributed by atoms with van der Waals surface area (Å²) in [6, 6.07) is 19.8. The predicted octanol–water partition coefficient (Wildman–Crippen LogP) is 4.63. The van der Waals surface area contributed by atoms with Crippen molar-refractivity contribution in [3.8, 4) is 34.4 Å². The van der Waals surface area contributed by atoms with Gasteiger partial charge in [0.05, 0.1) is 5.69 Å². The van der Waals surface area contributed by atoms with Crippen LogP contribution < -0.4 is 4.74 Å². The fourth-order valence-corrected chi connectivity index (χ4v) is 2.56. The number of rotatable bonds is 4. The van der Waals surface area contributed by atoms with Gasteiger partial charge in [-0.3, -0.25) is 0 Å². The average molecular weight is 328 g/mol. The van der Waals surface area contributed by atoms with Crippen LogP contribution >= 0.6 is 0 Å². The van der Waals surface area contributed by atoms with Crippen LogP contribution in [0.15, 0.2) is 73.1 Å². The van der Waals surface area contributed by atoms with E-state index in [1.165, 1.54) is 0 Å². The maximum Gasteiger partial charge on any atom is 0.321 e. The Kier molecular flexibility index (Phi) is 3.96. The number of nitrogens with zero attached hydrogens (tertiary/aromatic N) is 3. The van der Waals surface area contributed by atoms with Crippen LogP contribution in [0.3, 0.4) is 0 Å². The van der Waals surface area contributed by atoms with Crippen molar-refractivity contribution in [2.45, 2.75) is 6.92 Å². The molecule has 0 aliphatic heterocycles. The minimum Gasteiger partial charge on any atom is -0.424 e. The second kappa shape index (κ2) is 6.57. The molecular formula is C20H16N4O. The summed E-state index contributed by atoms with van der Waals surface area (Å²) in [6.07, 6.45) is 3.45. The standard InChI is InChI=1S/C20H16N4O/c1-14-18(24-19(23-14)15-8-4-2-5-9-15)16-12-21-20(22-13-16)25-17-10-6-3-7-11-17/h2-13H,1H3,(H,23,24). The van der Waals surface area contributed by atoms with E-state index in [4.69, 9.17) is 4.74 Å². The zero-order valence-corrected chi connectivity index (χ0v) is 13.7. The van der Waals surface area contributed by atoms with Gasteiger partial charge in [0, 0.05) is 29.2 Å². The molecule has 0 atom stereocenters. The van der Waals surface area contributed by atoms with Gasteiger partial charge in [-0.25, -0.2) is 15.0 Å².